The third kappa shape index (κ3) is 4.52. The Balaban J connectivity index is 3.15. The van der Waals surface area contributed by atoms with Gasteiger partial charge in [-0.1, -0.05) is 31.4 Å². The van der Waals surface area contributed by atoms with Crippen LogP contribution < -0.4 is 0 Å². The van der Waals surface area contributed by atoms with E-state index in [1.807, 2.05) is 6.92 Å². The zero-order valence-electron chi connectivity index (χ0n) is 11.0. The van der Waals surface area contributed by atoms with Gasteiger partial charge in [0.05, 0.1) is 17.2 Å². The van der Waals surface area contributed by atoms with Crippen LogP contribution in [0, 0.1) is 11.6 Å². The van der Waals surface area contributed by atoms with Crippen LogP contribution in [0.4, 0.5) is 8.78 Å². The fourth-order valence-corrected chi connectivity index (χ4v) is 3.25. The van der Waals surface area contributed by atoms with E-state index in [9.17, 15) is 22.0 Å². The third-order valence-corrected chi connectivity index (χ3v) is 4.40. The van der Waals surface area contributed by atoms with Crippen molar-refractivity contribution in [3.8, 4) is 0 Å². The topological polar surface area (TPSA) is 60.4 Å². The van der Waals surface area contributed by atoms with Gasteiger partial charge in [-0.3, -0.25) is 0 Å². The lowest BCUT2D eigenvalue weighted by molar-refractivity contribution is 0.0497. The number of rotatable bonds is 6. The van der Waals surface area contributed by atoms with Gasteiger partial charge in [0.2, 0.25) is 0 Å². The third-order valence-electron chi connectivity index (χ3n) is 2.56. The molecule has 9 heteroatoms. The molecule has 1 rings (SSSR count). The van der Waals surface area contributed by atoms with E-state index in [1.165, 1.54) is 0 Å². The monoisotopic (exact) mass is 360 g/mol. The van der Waals surface area contributed by atoms with Crippen molar-refractivity contribution in [3.63, 3.8) is 0 Å². The molecule has 0 N–H and O–H groups in total. The number of carbonyl (C=O) groups is 1. The zero-order chi connectivity index (χ0) is 16.2. The highest BCUT2D eigenvalue weighted by atomic mass is 35.7. The second kappa shape index (κ2) is 7.38. The van der Waals surface area contributed by atoms with Crippen molar-refractivity contribution >= 4 is 37.3 Å². The highest BCUT2D eigenvalue weighted by Gasteiger charge is 2.29. The summed E-state index contributed by atoms with van der Waals surface area (Å²) >= 11 is 5.63. The van der Waals surface area contributed by atoms with Crippen LogP contribution in [0.25, 0.3) is 0 Å². The number of halogens is 4. The van der Waals surface area contributed by atoms with E-state index < -0.39 is 42.1 Å². The Kier molecular flexibility index (Phi) is 6.37. The maximum absolute atomic E-state index is 13.5. The second-order valence-corrected chi connectivity index (χ2v) is 7.02. The van der Waals surface area contributed by atoms with Crippen molar-refractivity contribution in [1.82, 2.24) is 0 Å². The lowest BCUT2D eigenvalue weighted by Gasteiger charge is -2.09. The normalized spacial score (nSPS) is 11.5. The van der Waals surface area contributed by atoms with Crippen LogP contribution in [0.1, 0.15) is 36.5 Å². The first kappa shape index (κ1) is 18.1. The van der Waals surface area contributed by atoms with Crippen LogP contribution in [-0.4, -0.2) is 21.0 Å². The molecule has 4 nitrogen and oxygen atoms in total. The van der Waals surface area contributed by atoms with Gasteiger partial charge in [0.15, 0.2) is 11.6 Å². The van der Waals surface area contributed by atoms with Crippen molar-refractivity contribution in [1.29, 1.82) is 0 Å². The molecule has 0 heterocycles. The molecule has 0 spiro atoms. The molecule has 0 bridgehead atoms. The van der Waals surface area contributed by atoms with Gasteiger partial charge in [-0.25, -0.2) is 22.0 Å². The van der Waals surface area contributed by atoms with Crippen LogP contribution in [0.5, 0.6) is 0 Å². The molecule has 1 aromatic carbocycles. The quantitative estimate of drug-likeness (QED) is 0.334. The lowest BCUT2D eigenvalue weighted by atomic mass is 10.2. The summed E-state index contributed by atoms with van der Waals surface area (Å²) in [4.78, 5) is 10.5. The van der Waals surface area contributed by atoms with E-state index in [1.54, 1.807) is 0 Å². The van der Waals surface area contributed by atoms with E-state index in [0.29, 0.717) is 12.5 Å². The molecule has 0 radical (unpaired) electrons. The summed E-state index contributed by atoms with van der Waals surface area (Å²) < 4.78 is 54.1. The van der Waals surface area contributed by atoms with Crippen LogP contribution in [0.15, 0.2) is 11.0 Å². The molecule has 0 saturated heterocycles. The van der Waals surface area contributed by atoms with Gasteiger partial charge in [0, 0.05) is 10.7 Å². The molecule has 0 amide bonds. The predicted octanol–water partition coefficient (Wildman–Crippen LogP) is 3.89. The molecule has 118 valence electrons. The van der Waals surface area contributed by atoms with E-state index >= 15 is 0 Å². The molecular formula is C12H12Cl2F2O4S. The fourth-order valence-electron chi connectivity index (χ4n) is 1.54. The van der Waals surface area contributed by atoms with E-state index in [2.05, 4.69) is 0 Å². The SMILES string of the molecule is CCCCCOC(=O)c1cc(F)c(F)c(S(=O)(=O)Cl)c1Cl. The van der Waals surface area contributed by atoms with Gasteiger partial charge < -0.3 is 4.74 Å². The molecule has 0 aliphatic carbocycles. The maximum Gasteiger partial charge on any atom is 0.339 e. The van der Waals surface area contributed by atoms with Crippen LogP contribution in [0.2, 0.25) is 5.02 Å². The first-order valence-electron chi connectivity index (χ1n) is 5.99. The first-order valence-corrected chi connectivity index (χ1v) is 8.68. The maximum atomic E-state index is 13.5. The summed E-state index contributed by atoms with van der Waals surface area (Å²) in [5, 5.41) is -0.801. The van der Waals surface area contributed by atoms with Crippen LogP contribution in [0.3, 0.4) is 0 Å². The molecule has 0 aromatic heterocycles. The minimum absolute atomic E-state index is 0.0605. The molecule has 0 unspecified atom stereocenters. The standard InChI is InChI=1S/C12H12Cl2F2O4S/c1-2-3-4-5-20-12(17)7-6-8(15)10(16)11(9(7)13)21(14,18)19/h6H,2-5H2,1H3. The van der Waals surface area contributed by atoms with Crippen molar-refractivity contribution in [2.24, 2.45) is 0 Å². The average molecular weight is 361 g/mol. The Bertz CT molecular complexity index is 647. The minimum Gasteiger partial charge on any atom is -0.462 e. The summed E-state index contributed by atoms with van der Waals surface area (Å²) in [6.45, 7) is 2.01. The molecule has 0 aliphatic rings. The number of ether oxygens (including phenoxy) is 1. The number of hydrogen-bond donors (Lipinski definition) is 0. The Morgan fingerprint density at radius 3 is 2.48 bits per heavy atom. The van der Waals surface area contributed by atoms with Crippen LogP contribution >= 0.6 is 22.3 Å². The average Bonchev–Trinajstić information content (AvgIpc) is 2.37. The van der Waals surface area contributed by atoms with Gasteiger partial charge in [-0.2, -0.15) is 0 Å². The number of esters is 1. The van der Waals surface area contributed by atoms with E-state index in [0.717, 1.165) is 12.8 Å². The molecular weight excluding hydrogens is 349 g/mol. The highest BCUT2D eigenvalue weighted by Crippen LogP contribution is 2.32. The number of unbranched alkanes of at least 4 members (excludes halogenated alkanes) is 2. The molecule has 21 heavy (non-hydrogen) atoms. The van der Waals surface area contributed by atoms with Gasteiger partial charge in [-0.15, -0.1) is 0 Å². The Labute approximate surface area is 130 Å². The zero-order valence-corrected chi connectivity index (χ0v) is 13.3. The fraction of sp³-hybridized carbons (Fsp3) is 0.417. The second-order valence-electron chi connectivity index (χ2n) is 4.14. The Hall–Kier alpha value is -0.920. The smallest absolute Gasteiger partial charge is 0.339 e. The van der Waals surface area contributed by atoms with Gasteiger partial charge in [-0.05, 0) is 12.5 Å². The van der Waals surface area contributed by atoms with Crippen LogP contribution in [-0.2, 0) is 13.8 Å². The molecule has 0 saturated carbocycles. The van der Waals surface area contributed by atoms with E-state index in [-0.39, 0.29) is 6.61 Å². The first-order chi connectivity index (χ1) is 9.70. The van der Waals surface area contributed by atoms with Crippen molar-refractivity contribution in [2.45, 2.75) is 31.1 Å². The number of carbonyl (C=O) groups excluding carboxylic acids is 1. The summed E-state index contributed by atoms with van der Waals surface area (Å²) in [7, 11) is 0.338. The van der Waals surface area contributed by atoms with E-state index in [4.69, 9.17) is 27.0 Å². The summed E-state index contributed by atoms with van der Waals surface area (Å²) in [5.74, 6) is -4.34. The molecule has 1 aromatic rings. The summed E-state index contributed by atoms with van der Waals surface area (Å²) in [5.41, 5.74) is -0.591. The van der Waals surface area contributed by atoms with Crippen molar-refractivity contribution in [3.05, 3.63) is 28.3 Å². The van der Waals surface area contributed by atoms with Crippen molar-refractivity contribution in [2.75, 3.05) is 6.61 Å². The van der Waals surface area contributed by atoms with Crippen molar-refractivity contribution < 1.29 is 26.7 Å². The number of benzene rings is 1. The number of hydrogen-bond acceptors (Lipinski definition) is 4. The lowest BCUT2D eigenvalue weighted by Crippen LogP contribution is -2.11. The largest absolute Gasteiger partial charge is 0.462 e. The predicted molar refractivity (Wildman–Crippen MR) is 74.2 cm³/mol. The van der Waals surface area contributed by atoms with Gasteiger partial charge in [0.25, 0.3) is 9.05 Å². The molecule has 0 fully saturated rings. The molecule has 0 atom stereocenters. The minimum atomic E-state index is -4.65. The summed E-state index contributed by atoms with van der Waals surface area (Å²) in [6, 6.07) is 0.478. The van der Waals surface area contributed by atoms with Gasteiger partial charge >= 0.3 is 5.97 Å². The van der Waals surface area contributed by atoms with Gasteiger partial charge in [0.1, 0.15) is 4.90 Å². The highest BCUT2D eigenvalue weighted by molar-refractivity contribution is 8.13. The Morgan fingerprint density at radius 2 is 1.95 bits per heavy atom. The summed E-state index contributed by atoms with van der Waals surface area (Å²) in [6.07, 6.45) is 2.31. The Morgan fingerprint density at radius 1 is 1.33 bits per heavy atom. The molecule has 0 aliphatic heterocycles.